The molecule has 3 rings (SSSR count). The Morgan fingerprint density at radius 1 is 1.23 bits per heavy atom. The molecule has 3 aromatic rings. The number of nitrogens with zero attached hydrogens (tertiary/aromatic N) is 3. The van der Waals surface area contributed by atoms with Gasteiger partial charge in [0.2, 0.25) is 5.91 Å². The number of ether oxygens (including phenoxy) is 1. The Morgan fingerprint density at radius 3 is 2.62 bits per heavy atom. The lowest BCUT2D eigenvalue weighted by Crippen LogP contribution is -2.24. The molecule has 0 saturated heterocycles. The van der Waals surface area contributed by atoms with Crippen molar-refractivity contribution in [2.75, 3.05) is 27.4 Å². The van der Waals surface area contributed by atoms with Crippen LogP contribution < -0.4 is 4.74 Å². The number of hydrogen-bond acceptors (Lipinski definition) is 3. The van der Waals surface area contributed by atoms with Crippen molar-refractivity contribution in [2.45, 2.75) is 6.42 Å². The van der Waals surface area contributed by atoms with Gasteiger partial charge in [-0.2, -0.15) is 0 Å². The number of imidazole rings is 1. The molecule has 5 nitrogen and oxygen atoms in total. The van der Waals surface area contributed by atoms with Crippen LogP contribution in [0.1, 0.15) is 5.69 Å². The fourth-order valence-corrected chi connectivity index (χ4v) is 2.79. The van der Waals surface area contributed by atoms with Crippen molar-refractivity contribution in [3.63, 3.8) is 0 Å². The highest BCUT2D eigenvalue weighted by molar-refractivity contribution is 6.30. The van der Waals surface area contributed by atoms with Gasteiger partial charge in [-0.3, -0.25) is 4.79 Å². The minimum Gasteiger partial charge on any atom is -0.491 e. The van der Waals surface area contributed by atoms with Crippen molar-refractivity contribution < 1.29 is 13.9 Å². The minimum atomic E-state index is -0.536. The summed E-state index contributed by atoms with van der Waals surface area (Å²) >= 11 is 6.12. The van der Waals surface area contributed by atoms with Gasteiger partial charge in [0, 0.05) is 25.9 Å². The molecule has 0 bridgehead atoms. The number of aromatic nitrogens is 2. The lowest BCUT2D eigenvalue weighted by molar-refractivity contribution is -0.128. The number of carbonyl (C=O) groups excluding carboxylic acids is 1. The Bertz CT molecular complexity index is 922. The second-order valence-corrected chi connectivity index (χ2v) is 6.45. The molecule has 0 saturated carbocycles. The SMILES string of the molecule is CN(C)C(=O)Cc1c(-c2ccc(OCC[18F])cc2)nc2ccc(Cl)cn12. The number of alkyl halides is 1. The summed E-state index contributed by atoms with van der Waals surface area (Å²) in [5.41, 5.74) is 3.03. The average Bonchev–Trinajstić information content (AvgIpc) is 2.98. The van der Waals surface area contributed by atoms with E-state index in [1.54, 1.807) is 43.4 Å². The van der Waals surface area contributed by atoms with Crippen molar-refractivity contribution >= 4 is 23.2 Å². The number of pyridine rings is 1. The van der Waals surface area contributed by atoms with Gasteiger partial charge in [0.05, 0.1) is 22.8 Å². The van der Waals surface area contributed by atoms with E-state index in [0.717, 1.165) is 11.3 Å². The van der Waals surface area contributed by atoms with E-state index in [9.17, 15) is 9.18 Å². The molecule has 1 amide bonds. The van der Waals surface area contributed by atoms with Gasteiger partial charge in [0.1, 0.15) is 24.7 Å². The molecule has 0 unspecified atom stereocenters. The zero-order valence-corrected chi connectivity index (χ0v) is 15.3. The Hall–Kier alpha value is -2.60. The van der Waals surface area contributed by atoms with Gasteiger partial charge in [-0.25, -0.2) is 9.37 Å². The Morgan fingerprint density at radius 2 is 1.96 bits per heavy atom. The van der Waals surface area contributed by atoms with Crippen LogP contribution in [-0.2, 0) is 11.2 Å². The zero-order chi connectivity index (χ0) is 18.7. The quantitative estimate of drug-likeness (QED) is 0.662. The predicted molar refractivity (Wildman–Crippen MR) is 99.5 cm³/mol. The highest BCUT2D eigenvalue weighted by Crippen LogP contribution is 2.28. The van der Waals surface area contributed by atoms with E-state index < -0.39 is 6.67 Å². The molecule has 0 spiro atoms. The first-order valence-corrected chi connectivity index (χ1v) is 8.53. The van der Waals surface area contributed by atoms with Crippen molar-refractivity contribution in [1.82, 2.24) is 14.3 Å². The van der Waals surface area contributed by atoms with Crippen LogP contribution in [0.3, 0.4) is 0 Å². The number of rotatable bonds is 6. The fraction of sp³-hybridized carbons (Fsp3) is 0.263. The number of carbonyl (C=O) groups is 1. The fourth-order valence-electron chi connectivity index (χ4n) is 2.63. The Balaban J connectivity index is 2.05. The van der Waals surface area contributed by atoms with Gasteiger partial charge in [-0.1, -0.05) is 11.6 Å². The van der Waals surface area contributed by atoms with E-state index in [-0.39, 0.29) is 18.9 Å². The summed E-state index contributed by atoms with van der Waals surface area (Å²) in [6.45, 7) is -0.513. The van der Waals surface area contributed by atoms with Crippen LogP contribution in [0.25, 0.3) is 16.9 Å². The molecule has 0 aliphatic carbocycles. The smallest absolute Gasteiger partial charge is 0.228 e. The average molecular weight is 375 g/mol. The number of amides is 1. The Labute approximate surface area is 156 Å². The predicted octanol–water partition coefficient (Wildman–Crippen LogP) is 3.63. The number of fused-ring (bicyclic) bond motifs is 1. The molecule has 0 aliphatic heterocycles. The standard InChI is InChI=1S/C19H19ClFN3O2/c1-23(2)18(25)11-16-19(22-17-8-5-14(20)12-24(16)17)13-3-6-15(7-4-13)26-10-9-21/h3-8,12H,9-11H2,1-2H3/i21-1. The highest BCUT2D eigenvalue weighted by Gasteiger charge is 2.18. The Kier molecular flexibility index (Phi) is 5.42. The number of halogens is 2. The van der Waals surface area contributed by atoms with Gasteiger partial charge < -0.3 is 14.0 Å². The molecule has 26 heavy (non-hydrogen) atoms. The molecule has 0 atom stereocenters. The van der Waals surface area contributed by atoms with Crippen LogP contribution >= 0.6 is 11.6 Å². The monoisotopic (exact) mass is 374 g/mol. The van der Waals surface area contributed by atoms with Crippen LogP contribution in [0.5, 0.6) is 5.75 Å². The van der Waals surface area contributed by atoms with Gasteiger partial charge in [-0.15, -0.1) is 0 Å². The van der Waals surface area contributed by atoms with Crippen LogP contribution in [0.15, 0.2) is 42.6 Å². The van der Waals surface area contributed by atoms with Gasteiger partial charge in [0.25, 0.3) is 0 Å². The van der Waals surface area contributed by atoms with Crippen LogP contribution in [0, 0.1) is 0 Å². The topological polar surface area (TPSA) is 46.8 Å². The third-order valence-electron chi connectivity index (χ3n) is 3.97. The molecule has 0 N–H and O–H groups in total. The lowest BCUT2D eigenvalue weighted by atomic mass is 10.1. The number of hydrogen-bond donors (Lipinski definition) is 0. The van der Waals surface area contributed by atoms with Crippen molar-refractivity contribution in [2.24, 2.45) is 0 Å². The third kappa shape index (κ3) is 3.80. The van der Waals surface area contributed by atoms with E-state index in [2.05, 4.69) is 4.98 Å². The first-order valence-electron chi connectivity index (χ1n) is 8.15. The molecule has 2 aromatic heterocycles. The van der Waals surface area contributed by atoms with E-state index in [1.807, 2.05) is 22.6 Å². The molecule has 2 heterocycles. The summed E-state index contributed by atoms with van der Waals surface area (Å²) in [6.07, 6.45) is 1.95. The maximum Gasteiger partial charge on any atom is 0.228 e. The molecule has 0 radical (unpaired) electrons. The summed E-state index contributed by atoms with van der Waals surface area (Å²) in [7, 11) is 3.43. The van der Waals surface area contributed by atoms with E-state index in [0.29, 0.717) is 22.1 Å². The summed E-state index contributed by atoms with van der Waals surface area (Å²) in [5, 5.41) is 0.565. The molecular weight excluding hydrogens is 356 g/mol. The largest absolute Gasteiger partial charge is 0.491 e. The van der Waals surface area contributed by atoms with Gasteiger partial charge >= 0.3 is 0 Å². The maximum atomic E-state index is 12.3. The lowest BCUT2D eigenvalue weighted by Gasteiger charge is -2.11. The maximum absolute atomic E-state index is 12.3. The summed E-state index contributed by atoms with van der Waals surface area (Å²) in [4.78, 5) is 18.5. The molecule has 0 fully saturated rings. The molecular formula is C19H19ClFN3O2. The molecule has 0 aliphatic rings. The number of likely N-dealkylation sites (N-methyl/N-ethyl adjacent to an activating group) is 1. The summed E-state index contributed by atoms with van der Waals surface area (Å²) in [5.74, 6) is 0.556. The first-order chi connectivity index (χ1) is 12.5. The third-order valence-corrected chi connectivity index (χ3v) is 4.20. The van der Waals surface area contributed by atoms with Crippen LogP contribution in [0.2, 0.25) is 5.02 Å². The summed E-state index contributed by atoms with van der Waals surface area (Å²) in [6, 6.07) is 10.8. The van der Waals surface area contributed by atoms with Crippen molar-refractivity contribution in [3.8, 4) is 17.0 Å². The van der Waals surface area contributed by atoms with E-state index in [1.165, 1.54) is 0 Å². The molecule has 7 heteroatoms. The first kappa shape index (κ1) is 18.2. The van der Waals surface area contributed by atoms with E-state index >= 15 is 0 Å². The van der Waals surface area contributed by atoms with Crippen molar-refractivity contribution in [1.29, 1.82) is 0 Å². The molecule has 136 valence electrons. The highest BCUT2D eigenvalue weighted by atomic mass is 35.5. The second-order valence-electron chi connectivity index (χ2n) is 6.01. The van der Waals surface area contributed by atoms with Crippen LogP contribution in [0.4, 0.5) is 4.39 Å². The number of benzene rings is 1. The van der Waals surface area contributed by atoms with Crippen molar-refractivity contribution in [3.05, 3.63) is 53.3 Å². The molecule has 1 aromatic carbocycles. The van der Waals surface area contributed by atoms with Gasteiger partial charge in [-0.05, 0) is 36.4 Å². The second kappa shape index (κ2) is 7.74. The normalized spacial score (nSPS) is 10.9. The van der Waals surface area contributed by atoms with E-state index in [4.69, 9.17) is 16.3 Å². The van der Waals surface area contributed by atoms with Gasteiger partial charge in [0.15, 0.2) is 0 Å². The minimum absolute atomic E-state index is 0.0226. The zero-order valence-electron chi connectivity index (χ0n) is 14.6. The van der Waals surface area contributed by atoms with Crippen LogP contribution in [-0.4, -0.2) is 47.6 Å². The summed E-state index contributed by atoms with van der Waals surface area (Å²) < 4.78 is 19.3.